The van der Waals surface area contributed by atoms with Gasteiger partial charge in [0, 0.05) is 23.5 Å². The molecule has 0 saturated carbocycles. The van der Waals surface area contributed by atoms with Crippen LogP contribution in [0.4, 0.5) is 13.2 Å². The molecule has 1 N–H and O–H groups in total. The topological polar surface area (TPSA) is 15.8 Å². The first kappa shape index (κ1) is 12.8. The van der Waals surface area contributed by atoms with E-state index in [1.165, 1.54) is 12.1 Å². The summed E-state index contributed by atoms with van der Waals surface area (Å²) in [5.74, 6) is 0. The molecular weight excluding hydrogens is 263 g/mol. The Morgan fingerprint density at radius 2 is 1.55 bits per heavy atom. The van der Waals surface area contributed by atoms with Crippen LogP contribution in [0.3, 0.4) is 0 Å². The summed E-state index contributed by atoms with van der Waals surface area (Å²) in [6.07, 6.45) is -2.28. The van der Waals surface area contributed by atoms with Crippen molar-refractivity contribution in [1.82, 2.24) is 4.98 Å². The van der Waals surface area contributed by atoms with Crippen molar-refractivity contribution in [3.05, 3.63) is 71.4 Å². The SMILES string of the molecule is FC(F)(F)c1ccccc1Cc1c[nH]c2ccccc12. The number of nitrogens with one attached hydrogen (secondary N) is 1. The minimum atomic E-state index is -4.32. The van der Waals surface area contributed by atoms with Gasteiger partial charge in [0.2, 0.25) is 0 Å². The quantitative estimate of drug-likeness (QED) is 0.693. The van der Waals surface area contributed by atoms with Crippen LogP contribution >= 0.6 is 0 Å². The average molecular weight is 275 g/mol. The van der Waals surface area contributed by atoms with Gasteiger partial charge in [-0.05, 0) is 23.3 Å². The van der Waals surface area contributed by atoms with Crippen LogP contribution in [0.15, 0.2) is 54.7 Å². The molecule has 0 spiro atoms. The van der Waals surface area contributed by atoms with Crippen LogP contribution in [-0.4, -0.2) is 4.98 Å². The Hall–Kier alpha value is -2.23. The molecule has 20 heavy (non-hydrogen) atoms. The molecule has 0 unspecified atom stereocenters. The molecule has 0 atom stereocenters. The maximum absolute atomic E-state index is 13.0. The number of hydrogen-bond acceptors (Lipinski definition) is 0. The van der Waals surface area contributed by atoms with Gasteiger partial charge >= 0.3 is 6.18 Å². The van der Waals surface area contributed by atoms with Crippen LogP contribution in [0.25, 0.3) is 10.9 Å². The molecule has 0 radical (unpaired) electrons. The molecule has 3 aromatic rings. The van der Waals surface area contributed by atoms with Crippen molar-refractivity contribution in [1.29, 1.82) is 0 Å². The molecule has 0 aliphatic heterocycles. The van der Waals surface area contributed by atoms with E-state index < -0.39 is 11.7 Å². The number of rotatable bonds is 2. The van der Waals surface area contributed by atoms with Gasteiger partial charge in [-0.1, -0.05) is 36.4 Å². The largest absolute Gasteiger partial charge is 0.416 e. The Labute approximate surface area is 114 Å². The van der Waals surface area contributed by atoms with E-state index in [1.807, 2.05) is 24.3 Å². The smallest absolute Gasteiger partial charge is 0.361 e. The highest BCUT2D eigenvalue weighted by molar-refractivity contribution is 5.83. The summed E-state index contributed by atoms with van der Waals surface area (Å²) in [4.78, 5) is 3.09. The summed E-state index contributed by atoms with van der Waals surface area (Å²) in [6, 6.07) is 13.3. The van der Waals surface area contributed by atoms with E-state index >= 15 is 0 Å². The summed E-state index contributed by atoms with van der Waals surface area (Å²) >= 11 is 0. The molecule has 0 fully saturated rings. The van der Waals surface area contributed by atoms with Gasteiger partial charge in [0.1, 0.15) is 0 Å². The minimum Gasteiger partial charge on any atom is -0.361 e. The van der Waals surface area contributed by atoms with Crippen LogP contribution in [0.5, 0.6) is 0 Å². The van der Waals surface area contributed by atoms with Crippen molar-refractivity contribution < 1.29 is 13.2 Å². The fourth-order valence-electron chi connectivity index (χ4n) is 2.43. The highest BCUT2D eigenvalue weighted by Gasteiger charge is 2.32. The van der Waals surface area contributed by atoms with Gasteiger partial charge < -0.3 is 4.98 Å². The lowest BCUT2D eigenvalue weighted by Gasteiger charge is -2.12. The number of alkyl halides is 3. The van der Waals surface area contributed by atoms with Crippen LogP contribution in [0.2, 0.25) is 0 Å². The molecular formula is C16H12F3N. The molecule has 1 aromatic heterocycles. The highest BCUT2D eigenvalue weighted by atomic mass is 19.4. The Balaban J connectivity index is 2.04. The van der Waals surface area contributed by atoms with Crippen molar-refractivity contribution in [3.63, 3.8) is 0 Å². The van der Waals surface area contributed by atoms with E-state index in [1.54, 1.807) is 12.3 Å². The Kier molecular flexibility index (Phi) is 3.01. The van der Waals surface area contributed by atoms with Gasteiger partial charge in [0.05, 0.1) is 5.56 Å². The zero-order chi connectivity index (χ0) is 14.2. The molecule has 0 aliphatic rings. The van der Waals surface area contributed by atoms with E-state index in [9.17, 15) is 13.2 Å². The lowest BCUT2D eigenvalue weighted by molar-refractivity contribution is -0.138. The summed E-state index contributed by atoms with van der Waals surface area (Å²) in [5.41, 5.74) is 1.54. The van der Waals surface area contributed by atoms with Gasteiger partial charge in [-0.3, -0.25) is 0 Å². The van der Waals surface area contributed by atoms with Crippen LogP contribution < -0.4 is 0 Å². The number of aromatic amines is 1. The van der Waals surface area contributed by atoms with Gasteiger partial charge in [-0.15, -0.1) is 0 Å². The molecule has 0 amide bonds. The highest BCUT2D eigenvalue weighted by Crippen LogP contribution is 2.33. The number of hydrogen-bond donors (Lipinski definition) is 1. The molecule has 4 heteroatoms. The lowest BCUT2D eigenvalue weighted by atomic mass is 9.99. The predicted octanol–water partition coefficient (Wildman–Crippen LogP) is 4.78. The third-order valence-corrected chi connectivity index (χ3v) is 3.38. The number of H-pyrrole nitrogens is 1. The Morgan fingerprint density at radius 1 is 0.850 bits per heavy atom. The van der Waals surface area contributed by atoms with Crippen molar-refractivity contribution in [2.24, 2.45) is 0 Å². The third-order valence-electron chi connectivity index (χ3n) is 3.38. The van der Waals surface area contributed by atoms with Gasteiger partial charge in [-0.25, -0.2) is 0 Å². The minimum absolute atomic E-state index is 0.264. The average Bonchev–Trinajstić information content (AvgIpc) is 2.82. The van der Waals surface area contributed by atoms with Crippen molar-refractivity contribution in [2.75, 3.05) is 0 Å². The maximum atomic E-state index is 13.0. The monoisotopic (exact) mass is 275 g/mol. The van der Waals surface area contributed by atoms with Gasteiger partial charge in [0.25, 0.3) is 0 Å². The summed E-state index contributed by atoms with van der Waals surface area (Å²) < 4.78 is 38.9. The first-order valence-corrected chi connectivity index (χ1v) is 6.26. The number of halogens is 3. The fraction of sp³-hybridized carbons (Fsp3) is 0.125. The second-order valence-electron chi connectivity index (χ2n) is 4.69. The van der Waals surface area contributed by atoms with E-state index in [0.29, 0.717) is 5.56 Å². The fourth-order valence-corrected chi connectivity index (χ4v) is 2.43. The standard InChI is InChI=1S/C16H12F3N/c17-16(18,19)14-7-3-1-5-11(14)9-12-10-20-15-8-4-2-6-13(12)15/h1-8,10,20H,9H2. The van der Waals surface area contributed by atoms with Gasteiger partial charge in [-0.2, -0.15) is 13.2 Å². The number of benzene rings is 2. The molecule has 0 saturated heterocycles. The summed E-state index contributed by atoms with van der Waals surface area (Å²) in [5, 5.41) is 0.962. The van der Waals surface area contributed by atoms with Crippen molar-refractivity contribution in [3.8, 4) is 0 Å². The molecule has 0 bridgehead atoms. The molecule has 3 rings (SSSR count). The third kappa shape index (κ3) is 2.29. The number of fused-ring (bicyclic) bond motifs is 1. The number of para-hydroxylation sites is 1. The Morgan fingerprint density at radius 3 is 2.35 bits per heavy atom. The van der Waals surface area contributed by atoms with E-state index in [0.717, 1.165) is 22.5 Å². The molecule has 2 aromatic carbocycles. The summed E-state index contributed by atoms with van der Waals surface area (Å²) in [6.45, 7) is 0. The maximum Gasteiger partial charge on any atom is 0.416 e. The predicted molar refractivity (Wildman–Crippen MR) is 72.5 cm³/mol. The first-order valence-electron chi connectivity index (χ1n) is 6.26. The van der Waals surface area contributed by atoms with Crippen molar-refractivity contribution in [2.45, 2.75) is 12.6 Å². The molecule has 1 heterocycles. The normalized spacial score (nSPS) is 11.9. The Bertz CT molecular complexity index is 741. The van der Waals surface area contributed by atoms with E-state index in [-0.39, 0.29) is 6.42 Å². The first-order chi connectivity index (χ1) is 9.55. The zero-order valence-corrected chi connectivity index (χ0v) is 10.5. The van der Waals surface area contributed by atoms with E-state index in [4.69, 9.17) is 0 Å². The summed E-state index contributed by atoms with van der Waals surface area (Å²) in [7, 11) is 0. The zero-order valence-electron chi connectivity index (χ0n) is 10.5. The number of aromatic nitrogens is 1. The molecule has 0 aliphatic carbocycles. The van der Waals surface area contributed by atoms with Crippen LogP contribution in [-0.2, 0) is 12.6 Å². The van der Waals surface area contributed by atoms with Crippen molar-refractivity contribution >= 4 is 10.9 Å². The second kappa shape index (κ2) is 4.71. The van der Waals surface area contributed by atoms with Crippen LogP contribution in [0.1, 0.15) is 16.7 Å². The van der Waals surface area contributed by atoms with Gasteiger partial charge in [0.15, 0.2) is 0 Å². The second-order valence-corrected chi connectivity index (χ2v) is 4.69. The molecule has 1 nitrogen and oxygen atoms in total. The van der Waals surface area contributed by atoms with E-state index in [2.05, 4.69) is 4.98 Å². The van der Waals surface area contributed by atoms with Crippen LogP contribution in [0, 0.1) is 0 Å². The lowest BCUT2D eigenvalue weighted by Crippen LogP contribution is -2.09. The molecule has 102 valence electrons.